The van der Waals surface area contributed by atoms with E-state index in [0.717, 1.165) is 58.7 Å². The van der Waals surface area contributed by atoms with Crippen molar-refractivity contribution in [2.75, 3.05) is 0 Å². The first-order valence-electron chi connectivity index (χ1n) is 12.3. The molecule has 0 spiro atoms. The van der Waals surface area contributed by atoms with Gasteiger partial charge < -0.3 is 0 Å². The molecule has 8 aliphatic carbocycles. The van der Waals surface area contributed by atoms with Crippen molar-refractivity contribution in [2.24, 2.45) is 47.3 Å². The van der Waals surface area contributed by atoms with Crippen LogP contribution in [0.2, 0.25) is 0 Å². The van der Waals surface area contributed by atoms with Crippen molar-refractivity contribution in [3.05, 3.63) is 29.8 Å². The van der Waals surface area contributed by atoms with Gasteiger partial charge in [-0.05, 0) is 123 Å². The summed E-state index contributed by atoms with van der Waals surface area (Å²) < 4.78 is 0. The fourth-order valence-electron chi connectivity index (χ4n) is 10.0. The molecule has 0 unspecified atom stereocenters. The summed E-state index contributed by atoms with van der Waals surface area (Å²) in [6.45, 7) is 0. The molecule has 0 saturated heterocycles. The first kappa shape index (κ1) is 16.6. The first-order valence-corrected chi connectivity index (χ1v) is 13.9. The second-order valence-corrected chi connectivity index (χ2v) is 14.3. The molecule has 0 N–H and O–H groups in total. The molecule has 0 aromatic heterocycles. The van der Waals surface area contributed by atoms with Crippen LogP contribution in [-0.4, -0.2) is 11.3 Å². The third kappa shape index (κ3) is 2.61. The van der Waals surface area contributed by atoms with Crippen molar-refractivity contribution in [3.63, 3.8) is 0 Å². The SMILES string of the molecule is c1cc(CP(C2C3CC4CC(C3)CC2C4)C2C3CC4CC(C3)CC2C4)c[cH-]1. The zero-order valence-corrected chi connectivity index (χ0v) is 17.7. The zero-order valence-electron chi connectivity index (χ0n) is 16.8. The van der Waals surface area contributed by atoms with Crippen LogP contribution in [0.3, 0.4) is 0 Å². The molecule has 1 aromatic carbocycles. The summed E-state index contributed by atoms with van der Waals surface area (Å²) in [5, 5.41) is 0. The molecule has 27 heavy (non-hydrogen) atoms. The third-order valence-corrected chi connectivity index (χ3v) is 14.2. The van der Waals surface area contributed by atoms with E-state index in [1.807, 2.05) is 0 Å². The highest BCUT2D eigenvalue weighted by molar-refractivity contribution is 7.58. The Labute approximate surface area is 167 Å². The van der Waals surface area contributed by atoms with E-state index in [0.29, 0.717) is 0 Å². The maximum Gasteiger partial charge on any atom is -0.0156 e. The Morgan fingerprint density at radius 1 is 0.667 bits per heavy atom. The van der Waals surface area contributed by atoms with Crippen LogP contribution in [0.25, 0.3) is 0 Å². The molecule has 146 valence electrons. The summed E-state index contributed by atoms with van der Waals surface area (Å²) in [6.07, 6.45) is 17.7. The Hall–Kier alpha value is -0.220. The van der Waals surface area contributed by atoms with Crippen LogP contribution in [0.4, 0.5) is 0 Å². The zero-order chi connectivity index (χ0) is 17.5. The van der Waals surface area contributed by atoms with Gasteiger partial charge in [0.2, 0.25) is 0 Å². The predicted molar refractivity (Wildman–Crippen MR) is 114 cm³/mol. The number of hydrogen-bond acceptors (Lipinski definition) is 0. The quantitative estimate of drug-likeness (QED) is 0.389. The monoisotopic (exact) mass is 379 g/mol. The average molecular weight is 380 g/mol. The normalized spacial score (nSPS) is 53.2. The molecular formula is C26H36P-. The minimum absolute atomic E-state index is 0.189. The van der Waals surface area contributed by atoms with Gasteiger partial charge in [-0.15, -0.1) is 7.92 Å². The maximum atomic E-state index is 2.46. The molecule has 8 bridgehead atoms. The lowest BCUT2D eigenvalue weighted by Crippen LogP contribution is -2.52. The Bertz CT molecular complexity index is 589. The van der Waals surface area contributed by atoms with Crippen molar-refractivity contribution < 1.29 is 0 Å². The smallest absolute Gasteiger partial charge is 0.0156 e. The molecule has 0 aliphatic heterocycles. The molecule has 8 aliphatic rings. The highest BCUT2D eigenvalue weighted by atomic mass is 31.1. The van der Waals surface area contributed by atoms with Crippen molar-refractivity contribution in [2.45, 2.75) is 81.7 Å². The summed E-state index contributed by atoms with van der Waals surface area (Å²) in [7, 11) is 0.189. The summed E-state index contributed by atoms with van der Waals surface area (Å²) >= 11 is 0. The van der Waals surface area contributed by atoms with Crippen LogP contribution in [0.5, 0.6) is 0 Å². The van der Waals surface area contributed by atoms with Crippen LogP contribution >= 0.6 is 7.92 Å². The van der Waals surface area contributed by atoms with E-state index in [1.165, 1.54) is 6.16 Å². The number of rotatable bonds is 4. The first-order chi connectivity index (χ1) is 13.3. The number of hydrogen-bond donors (Lipinski definition) is 0. The Morgan fingerprint density at radius 2 is 1.11 bits per heavy atom. The summed E-state index contributed by atoms with van der Waals surface area (Å²) in [6, 6.07) is 9.52. The van der Waals surface area contributed by atoms with Gasteiger partial charge in [-0.1, -0.05) is 6.16 Å². The minimum Gasteiger partial charge on any atom is -0.210 e. The highest BCUT2D eigenvalue weighted by Gasteiger charge is 2.56. The largest absolute Gasteiger partial charge is 0.210 e. The van der Waals surface area contributed by atoms with E-state index in [2.05, 4.69) is 24.3 Å². The molecule has 0 nitrogen and oxygen atoms in total. The Balaban J connectivity index is 1.25. The van der Waals surface area contributed by atoms with Crippen molar-refractivity contribution >= 4 is 7.92 Å². The van der Waals surface area contributed by atoms with Crippen molar-refractivity contribution in [1.29, 1.82) is 0 Å². The molecule has 8 fully saturated rings. The third-order valence-electron chi connectivity index (χ3n) is 10.2. The molecule has 8 saturated carbocycles. The second-order valence-electron chi connectivity index (χ2n) is 11.8. The second kappa shape index (κ2) is 6.14. The topological polar surface area (TPSA) is 0 Å². The van der Waals surface area contributed by atoms with Gasteiger partial charge in [0.1, 0.15) is 0 Å². The van der Waals surface area contributed by atoms with E-state index < -0.39 is 0 Å². The van der Waals surface area contributed by atoms with Crippen LogP contribution in [0.15, 0.2) is 24.3 Å². The van der Waals surface area contributed by atoms with Crippen LogP contribution in [-0.2, 0) is 6.16 Å². The fourth-order valence-corrected chi connectivity index (χ4v) is 14.6. The van der Waals surface area contributed by atoms with Gasteiger partial charge in [-0.2, -0.15) is 23.8 Å². The van der Waals surface area contributed by atoms with E-state index in [9.17, 15) is 0 Å². The van der Waals surface area contributed by atoms with Gasteiger partial charge in [0.05, 0.1) is 0 Å². The summed E-state index contributed by atoms with van der Waals surface area (Å²) in [4.78, 5) is 0. The van der Waals surface area contributed by atoms with Crippen LogP contribution < -0.4 is 0 Å². The molecular weight excluding hydrogens is 343 g/mol. The Kier molecular flexibility index (Phi) is 3.77. The van der Waals surface area contributed by atoms with Gasteiger partial charge in [0, 0.05) is 0 Å². The van der Waals surface area contributed by atoms with Gasteiger partial charge in [-0.25, -0.2) is 6.07 Å². The average Bonchev–Trinajstić information content (AvgIpc) is 3.13. The lowest BCUT2D eigenvalue weighted by atomic mass is 9.55. The molecule has 1 heteroatoms. The van der Waals surface area contributed by atoms with E-state index in [4.69, 9.17) is 0 Å². The van der Waals surface area contributed by atoms with E-state index >= 15 is 0 Å². The van der Waals surface area contributed by atoms with Gasteiger partial charge in [-0.3, -0.25) is 0 Å². The van der Waals surface area contributed by atoms with E-state index in [1.54, 1.807) is 69.8 Å². The Morgan fingerprint density at radius 3 is 1.48 bits per heavy atom. The maximum absolute atomic E-state index is 2.46. The van der Waals surface area contributed by atoms with Crippen molar-refractivity contribution in [1.82, 2.24) is 0 Å². The van der Waals surface area contributed by atoms with E-state index in [-0.39, 0.29) is 7.92 Å². The van der Waals surface area contributed by atoms with Gasteiger partial charge in [0.25, 0.3) is 0 Å². The molecule has 1 aromatic rings. The minimum atomic E-state index is 0.189. The van der Waals surface area contributed by atoms with Crippen molar-refractivity contribution in [3.8, 4) is 0 Å². The van der Waals surface area contributed by atoms with Crippen LogP contribution in [0, 0.1) is 47.3 Å². The van der Waals surface area contributed by atoms with Gasteiger partial charge >= 0.3 is 0 Å². The molecule has 0 heterocycles. The fraction of sp³-hybridized carbons (Fsp3) is 0.808. The lowest BCUT2D eigenvalue weighted by molar-refractivity contribution is 0.0129. The standard InChI is InChI=1S/C26H36P/c1-2-4-16(3-1)15-27(25-21-7-17-5-18(9-21)10-22(25)8-17)26-23-11-19-6-20(13-23)14-24(26)12-19/h1-4,17-26H,5-15H2/q-1. The summed E-state index contributed by atoms with van der Waals surface area (Å²) in [5.74, 6) is 9.10. The highest BCUT2D eigenvalue weighted by Crippen LogP contribution is 2.71. The van der Waals surface area contributed by atoms with Crippen LogP contribution in [0.1, 0.15) is 69.8 Å². The molecule has 0 radical (unpaired) electrons. The molecule has 0 atom stereocenters. The lowest BCUT2D eigenvalue weighted by Gasteiger charge is -2.62. The summed E-state index contributed by atoms with van der Waals surface area (Å²) in [5.41, 5.74) is 4.01. The molecule has 9 rings (SSSR count). The van der Waals surface area contributed by atoms with Gasteiger partial charge in [0.15, 0.2) is 0 Å². The predicted octanol–water partition coefficient (Wildman–Crippen LogP) is 7.04. The molecule has 0 amide bonds.